The molecule has 1 heterocycles. The van der Waals surface area contributed by atoms with E-state index in [1.807, 2.05) is 0 Å². The van der Waals surface area contributed by atoms with E-state index >= 15 is 0 Å². The van der Waals surface area contributed by atoms with Crippen molar-refractivity contribution in [2.45, 2.75) is 6.42 Å². The van der Waals surface area contributed by atoms with Gasteiger partial charge in [0, 0.05) is 17.3 Å². The van der Waals surface area contributed by atoms with Crippen LogP contribution in [0.1, 0.15) is 5.56 Å². The number of aromatic amines is 1. The highest BCUT2D eigenvalue weighted by molar-refractivity contribution is 5.86. The Morgan fingerprint density at radius 2 is 2.14 bits per heavy atom. The van der Waals surface area contributed by atoms with Crippen LogP contribution < -0.4 is 11.5 Å². The Labute approximate surface area is 80.9 Å². The molecule has 2 rings (SSSR count). The van der Waals surface area contributed by atoms with E-state index in [0.717, 1.165) is 11.1 Å². The maximum Gasteiger partial charge on any atom is 0.134 e. The first kappa shape index (κ1) is 9.02. The van der Waals surface area contributed by atoms with Gasteiger partial charge in [0.1, 0.15) is 5.82 Å². The Bertz CT molecular complexity index is 462. The van der Waals surface area contributed by atoms with Crippen molar-refractivity contribution in [1.29, 1.82) is 0 Å². The third kappa shape index (κ3) is 1.33. The molecule has 0 aliphatic heterocycles. The molecule has 0 amide bonds. The number of rotatable bonds is 2. The maximum atomic E-state index is 13.5. The molecular formula is C10H12FN3. The van der Waals surface area contributed by atoms with Crippen LogP contribution in [0.2, 0.25) is 0 Å². The first-order valence-electron chi connectivity index (χ1n) is 4.47. The van der Waals surface area contributed by atoms with E-state index in [2.05, 4.69) is 4.98 Å². The standard InChI is InChI=1S/C10H12FN3/c11-8-3-7(13)4-9-10(8)6(1-2-12)5-14-9/h3-5,14H,1-2,12-13H2. The Morgan fingerprint density at radius 3 is 2.86 bits per heavy atom. The first-order valence-corrected chi connectivity index (χ1v) is 4.47. The van der Waals surface area contributed by atoms with E-state index < -0.39 is 0 Å². The number of fused-ring (bicyclic) bond motifs is 1. The van der Waals surface area contributed by atoms with E-state index in [4.69, 9.17) is 11.5 Å². The zero-order valence-corrected chi connectivity index (χ0v) is 7.68. The number of nitrogens with two attached hydrogens (primary N) is 2. The minimum Gasteiger partial charge on any atom is -0.399 e. The van der Waals surface area contributed by atoms with E-state index in [-0.39, 0.29) is 5.82 Å². The summed E-state index contributed by atoms with van der Waals surface area (Å²) < 4.78 is 13.5. The minimum absolute atomic E-state index is 0.287. The molecule has 0 fully saturated rings. The number of anilines is 1. The van der Waals surface area contributed by atoms with Gasteiger partial charge < -0.3 is 16.5 Å². The maximum absolute atomic E-state index is 13.5. The number of hydrogen-bond acceptors (Lipinski definition) is 2. The molecule has 4 heteroatoms. The Kier molecular flexibility index (Phi) is 2.13. The predicted molar refractivity (Wildman–Crippen MR) is 55.4 cm³/mol. The van der Waals surface area contributed by atoms with Crippen LogP contribution >= 0.6 is 0 Å². The van der Waals surface area contributed by atoms with Crippen molar-refractivity contribution in [3.8, 4) is 0 Å². The van der Waals surface area contributed by atoms with Crippen molar-refractivity contribution >= 4 is 16.6 Å². The summed E-state index contributed by atoms with van der Waals surface area (Å²) in [6, 6.07) is 3.05. The molecule has 0 aliphatic rings. The van der Waals surface area contributed by atoms with Crippen molar-refractivity contribution < 1.29 is 4.39 Å². The summed E-state index contributed by atoms with van der Waals surface area (Å²) >= 11 is 0. The van der Waals surface area contributed by atoms with Crippen LogP contribution in [0.25, 0.3) is 10.9 Å². The van der Waals surface area contributed by atoms with Gasteiger partial charge in [-0.3, -0.25) is 0 Å². The number of nitrogen functional groups attached to an aromatic ring is 1. The second-order valence-corrected chi connectivity index (χ2v) is 3.28. The van der Waals surface area contributed by atoms with E-state index in [0.29, 0.717) is 24.0 Å². The molecule has 0 aliphatic carbocycles. The monoisotopic (exact) mass is 193 g/mol. The highest BCUT2D eigenvalue weighted by Crippen LogP contribution is 2.24. The van der Waals surface area contributed by atoms with Gasteiger partial charge in [0.2, 0.25) is 0 Å². The van der Waals surface area contributed by atoms with Crippen LogP contribution in [0.3, 0.4) is 0 Å². The molecule has 3 nitrogen and oxygen atoms in total. The van der Waals surface area contributed by atoms with Crippen LogP contribution in [-0.4, -0.2) is 11.5 Å². The normalized spacial score (nSPS) is 11.0. The zero-order chi connectivity index (χ0) is 10.1. The molecule has 74 valence electrons. The summed E-state index contributed by atoms with van der Waals surface area (Å²) in [5.74, 6) is -0.287. The number of aromatic nitrogens is 1. The van der Waals surface area contributed by atoms with E-state index in [1.165, 1.54) is 6.07 Å². The van der Waals surface area contributed by atoms with Gasteiger partial charge in [-0.05, 0) is 30.7 Å². The molecule has 0 atom stereocenters. The second kappa shape index (κ2) is 3.31. The highest BCUT2D eigenvalue weighted by atomic mass is 19.1. The molecule has 0 saturated heterocycles. The second-order valence-electron chi connectivity index (χ2n) is 3.28. The van der Waals surface area contributed by atoms with Crippen LogP contribution in [0.4, 0.5) is 10.1 Å². The molecular weight excluding hydrogens is 181 g/mol. The van der Waals surface area contributed by atoms with Gasteiger partial charge in [-0.2, -0.15) is 0 Å². The number of H-pyrrole nitrogens is 1. The number of hydrogen-bond donors (Lipinski definition) is 3. The lowest BCUT2D eigenvalue weighted by atomic mass is 10.1. The molecule has 5 N–H and O–H groups in total. The lowest BCUT2D eigenvalue weighted by Gasteiger charge is -1.99. The number of halogens is 1. The summed E-state index contributed by atoms with van der Waals surface area (Å²) in [6.45, 7) is 0.511. The molecule has 1 aromatic carbocycles. The van der Waals surface area contributed by atoms with Crippen molar-refractivity contribution in [2.75, 3.05) is 12.3 Å². The SMILES string of the molecule is NCCc1c[nH]c2cc(N)cc(F)c12. The Balaban J connectivity index is 2.66. The molecule has 0 bridgehead atoms. The van der Waals surface area contributed by atoms with Gasteiger partial charge in [0.25, 0.3) is 0 Å². The fourth-order valence-corrected chi connectivity index (χ4v) is 1.66. The van der Waals surface area contributed by atoms with Crippen LogP contribution in [-0.2, 0) is 6.42 Å². The topological polar surface area (TPSA) is 67.8 Å². The minimum atomic E-state index is -0.287. The summed E-state index contributed by atoms with van der Waals surface area (Å²) in [4.78, 5) is 2.98. The van der Waals surface area contributed by atoms with Gasteiger partial charge in [0.05, 0.1) is 5.52 Å². The number of benzene rings is 1. The van der Waals surface area contributed by atoms with Crippen LogP contribution in [0.15, 0.2) is 18.3 Å². The molecule has 2 aromatic rings. The molecule has 0 saturated carbocycles. The third-order valence-electron chi connectivity index (χ3n) is 2.25. The van der Waals surface area contributed by atoms with Gasteiger partial charge in [0.15, 0.2) is 0 Å². The average Bonchev–Trinajstić information content (AvgIpc) is 2.49. The summed E-state index contributed by atoms with van der Waals surface area (Å²) in [7, 11) is 0. The molecule has 0 radical (unpaired) electrons. The largest absolute Gasteiger partial charge is 0.399 e. The van der Waals surface area contributed by atoms with Gasteiger partial charge in [-0.1, -0.05) is 0 Å². The fraction of sp³-hybridized carbons (Fsp3) is 0.200. The zero-order valence-electron chi connectivity index (χ0n) is 7.68. The molecule has 0 spiro atoms. The van der Waals surface area contributed by atoms with Crippen molar-refractivity contribution in [3.63, 3.8) is 0 Å². The molecule has 14 heavy (non-hydrogen) atoms. The third-order valence-corrected chi connectivity index (χ3v) is 2.25. The lowest BCUT2D eigenvalue weighted by molar-refractivity contribution is 0.639. The lowest BCUT2D eigenvalue weighted by Crippen LogP contribution is -2.02. The predicted octanol–water partition coefficient (Wildman–Crippen LogP) is 1.39. The van der Waals surface area contributed by atoms with Crippen molar-refractivity contribution in [1.82, 2.24) is 4.98 Å². The van der Waals surface area contributed by atoms with E-state index in [9.17, 15) is 4.39 Å². The first-order chi connectivity index (χ1) is 6.72. The van der Waals surface area contributed by atoms with Crippen molar-refractivity contribution in [2.24, 2.45) is 5.73 Å². The summed E-state index contributed by atoms with van der Waals surface area (Å²) in [6.07, 6.45) is 2.45. The number of nitrogens with one attached hydrogen (secondary N) is 1. The Morgan fingerprint density at radius 1 is 1.36 bits per heavy atom. The van der Waals surface area contributed by atoms with Crippen LogP contribution in [0, 0.1) is 5.82 Å². The van der Waals surface area contributed by atoms with Crippen molar-refractivity contribution in [3.05, 3.63) is 29.7 Å². The van der Waals surface area contributed by atoms with E-state index in [1.54, 1.807) is 12.3 Å². The fourth-order valence-electron chi connectivity index (χ4n) is 1.66. The van der Waals surface area contributed by atoms with Gasteiger partial charge in [-0.15, -0.1) is 0 Å². The average molecular weight is 193 g/mol. The van der Waals surface area contributed by atoms with Gasteiger partial charge >= 0.3 is 0 Å². The Hall–Kier alpha value is -1.55. The smallest absolute Gasteiger partial charge is 0.134 e. The summed E-state index contributed by atoms with van der Waals surface area (Å²) in [5, 5.41) is 0.602. The van der Waals surface area contributed by atoms with Crippen LogP contribution in [0.5, 0.6) is 0 Å². The molecule has 0 unspecified atom stereocenters. The molecule has 1 aromatic heterocycles. The summed E-state index contributed by atoms with van der Waals surface area (Å²) in [5.41, 5.74) is 13.0. The van der Waals surface area contributed by atoms with Gasteiger partial charge in [-0.25, -0.2) is 4.39 Å². The quantitative estimate of drug-likeness (QED) is 0.631. The highest BCUT2D eigenvalue weighted by Gasteiger charge is 2.08.